The molecule has 1 heterocycles. The van der Waals surface area contributed by atoms with Crippen molar-refractivity contribution in [2.45, 2.75) is 0 Å². The number of halogens is 1. The van der Waals surface area contributed by atoms with Gasteiger partial charge in [0.05, 0.1) is 18.2 Å². The highest BCUT2D eigenvalue weighted by Crippen LogP contribution is 2.19. The number of nitrogens with zero attached hydrogens (tertiary/aromatic N) is 1. The monoisotopic (exact) mass is 313 g/mol. The first-order valence-corrected chi connectivity index (χ1v) is 5.44. The summed E-state index contributed by atoms with van der Waals surface area (Å²) >= 11 is 2.08. The summed E-state index contributed by atoms with van der Waals surface area (Å²) in [5, 5.41) is 0.824. The summed E-state index contributed by atoms with van der Waals surface area (Å²) in [7, 11) is 1.38. The molecule has 0 aliphatic heterocycles. The predicted molar refractivity (Wildman–Crippen MR) is 65.8 cm³/mol. The Bertz CT molecular complexity index is 525. The van der Waals surface area contributed by atoms with Gasteiger partial charge in [-0.05, 0) is 34.7 Å². The molecule has 0 saturated heterocycles. The molecule has 0 fully saturated rings. The Balaban J connectivity index is 2.76. The Labute approximate surface area is 101 Å². The molecule has 0 aliphatic rings. The highest BCUT2D eigenvalue weighted by Gasteiger charge is 2.11. The van der Waals surface area contributed by atoms with Gasteiger partial charge in [0.1, 0.15) is 3.70 Å². The fourth-order valence-electron chi connectivity index (χ4n) is 1.42. The Morgan fingerprint density at radius 3 is 2.87 bits per heavy atom. The van der Waals surface area contributed by atoms with Crippen molar-refractivity contribution in [3.8, 4) is 0 Å². The lowest BCUT2D eigenvalue weighted by atomic mass is 10.1. The van der Waals surface area contributed by atoms with Crippen LogP contribution < -0.4 is 0 Å². The number of carbonyl (C=O) groups is 1. The second kappa shape index (κ2) is 4.14. The maximum Gasteiger partial charge on any atom is 0.338 e. The van der Waals surface area contributed by atoms with Crippen LogP contribution >= 0.6 is 22.6 Å². The third-order valence-corrected chi connectivity index (χ3v) is 2.64. The van der Waals surface area contributed by atoms with Crippen LogP contribution in [-0.2, 0) is 4.74 Å². The van der Waals surface area contributed by atoms with E-state index in [1.807, 2.05) is 24.3 Å². The summed E-state index contributed by atoms with van der Waals surface area (Å²) in [5.41, 5.74) is 1.37. The molecule has 0 N–H and O–H groups in total. The van der Waals surface area contributed by atoms with Crippen LogP contribution in [0.15, 0.2) is 30.3 Å². The van der Waals surface area contributed by atoms with Gasteiger partial charge in [0.25, 0.3) is 0 Å². The molecule has 0 spiro atoms. The second-order valence-corrected chi connectivity index (χ2v) is 4.11. The Hall–Kier alpha value is -1.17. The van der Waals surface area contributed by atoms with E-state index in [1.165, 1.54) is 7.11 Å². The standard InChI is InChI=1S/C11H8INO2/c1-15-11(14)8-6-10(12)13-9-5-3-2-4-7(8)9/h2-6H,1H3. The van der Waals surface area contributed by atoms with Gasteiger partial charge in [0, 0.05) is 5.39 Å². The van der Waals surface area contributed by atoms with E-state index in [2.05, 4.69) is 27.6 Å². The number of ether oxygens (including phenoxy) is 1. The molecule has 2 rings (SSSR count). The summed E-state index contributed by atoms with van der Waals surface area (Å²) in [6, 6.07) is 9.25. The second-order valence-electron chi connectivity index (χ2n) is 3.00. The fraction of sp³-hybridized carbons (Fsp3) is 0.0909. The van der Waals surface area contributed by atoms with Crippen LogP contribution in [0, 0.1) is 3.70 Å². The average Bonchev–Trinajstić information content (AvgIpc) is 2.26. The van der Waals surface area contributed by atoms with E-state index in [4.69, 9.17) is 4.74 Å². The molecule has 0 unspecified atom stereocenters. The van der Waals surface area contributed by atoms with Crippen LogP contribution in [0.5, 0.6) is 0 Å². The van der Waals surface area contributed by atoms with Crippen molar-refractivity contribution >= 4 is 39.5 Å². The maximum absolute atomic E-state index is 11.5. The molecule has 15 heavy (non-hydrogen) atoms. The van der Waals surface area contributed by atoms with Crippen LogP contribution in [-0.4, -0.2) is 18.1 Å². The number of rotatable bonds is 1. The molecule has 0 saturated carbocycles. The van der Waals surface area contributed by atoms with Crippen molar-refractivity contribution in [1.82, 2.24) is 4.98 Å². The van der Waals surface area contributed by atoms with Gasteiger partial charge in [-0.25, -0.2) is 9.78 Å². The van der Waals surface area contributed by atoms with E-state index in [1.54, 1.807) is 6.07 Å². The predicted octanol–water partition coefficient (Wildman–Crippen LogP) is 2.63. The number of pyridine rings is 1. The van der Waals surface area contributed by atoms with Gasteiger partial charge in [-0.1, -0.05) is 18.2 Å². The molecular formula is C11H8INO2. The highest BCUT2D eigenvalue weighted by molar-refractivity contribution is 14.1. The zero-order valence-corrected chi connectivity index (χ0v) is 10.2. The van der Waals surface area contributed by atoms with Crippen LogP contribution in [0.3, 0.4) is 0 Å². The summed E-state index contributed by atoms with van der Waals surface area (Å²) in [6.45, 7) is 0. The van der Waals surface area contributed by atoms with Gasteiger partial charge < -0.3 is 4.74 Å². The molecule has 3 nitrogen and oxygen atoms in total. The maximum atomic E-state index is 11.5. The SMILES string of the molecule is COC(=O)c1cc(I)nc2ccccc12. The Morgan fingerprint density at radius 2 is 2.13 bits per heavy atom. The van der Waals surface area contributed by atoms with Crippen molar-refractivity contribution in [1.29, 1.82) is 0 Å². The largest absolute Gasteiger partial charge is 0.465 e. The van der Waals surface area contributed by atoms with E-state index in [9.17, 15) is 4.79 Å². The van der Waals surface area contributed by atoms with E-state index in [0.717, 1.165) is 14.6 Å². The number of fused-ring (bicyclic) bond motifs is 1. The number of carbonyl (C=O) groups excluding carboxylic acids is 1. The number of para-hydroxylation sites is 1. The third kappa shape index (κ3) is 1.94. The molecule has 1 aromatic carbocycles. The lowest BCUT2D eigenvalue weighted by Gasteiger charge is -2.04. The van der Waals surface area contributed by atoms with E-state index >= 15 is 0 Å². The first-order chi connectivity index (χ1) is 7.22. The summed E-state index contributed by atoms with van der Waals surface area (Å²) in [5.74, 6) is -0.327. The normalized spacial score (nSPS) is 10.3. The van der Waals surface area contributed by atoms with Crippen LogP contribution in [0.4, 0.5) is 0 Å². The molecule has 0 atom stereocenters. The molecule has 0 amide bonds. The minimum Gasteiger partial charge on any atom is -0.465 e. The summed E-state index contributed by atoms with van der Waals surface area (Å²) in [4.78, 5) is 15.9. The van der Waals surface area contributed by atoms with E-state index in [-0.39, 0.29) is 5.97 Å². The number of benzene rings is 1. The first kappa shape index (κ1) is 10.4. The topological polar surface area (TPSA) is 39.2 Å². The number of hydrogen-bond acceptors (Lipinski definition) is 3. The molecule has 2 aromatic rings. The van der Waals surface area contributed by atoms with Gasteiger partial charge >= 0.3 is 5.97 Å². The molecule has 1 aromatic heterocycles. The number of esters is 1. The van der Waals surface area contributed by atoms with Gasteiger partial charge in [0.2, 0.25) is 0 Å². The Kier molecular flexibility index (Phi) is 2.86. The van der Waals surface area contributed by atoms with Crippen LogP contribution in [0.1, 0.15) is 10.4 Å². The zero-order valence-electron chi connectivity index (χ0n) is 8.03. The summed E-state index contributed by atoms with van der Waals surface area (Å²) < 4.78 is 5.51. The van der Waals surface area contributed by atoms with Crippen molar-refractivity contribution in [3.63, 3.8) is 0 Å². The van der Waals surface area contributed by atoms with Crippen molar-refractivity contribution < 1.29 is 9.53 Å². The lowest BCUT2D eigenvalue weighted by molar-refractivity contribution is 0.0603. The van der Waals surface area contributed by atoms with Crippen molar-refractivity contribution in [2.24, 2.45) is 0 Å². The number of methoxy groups -OCH3 is 1. The fourth-order valence-corrected chi connectivity index (χ4v) is 1.99. The quantitative estimate of drug-likeness (QED) is 0.461. The van der Waals surface area contributed by atoms with E-state index < -0.39 is 0 Å². The molecular weight excluding hydrogens is 305 g/mol. The van der Waals surface area contributed by atoms with Crippen molar-refractivity contribution in [2.75, 3.05) is 7.11 Å². The number of hydrogen-bond donors (Lipinski definition) is 0. The van der Waals surface area contributed by atoms with Gasteiger partial charge in [-0.3, -0.25) is 0 Å². The van der Waals surface area contributed by atoms with Crippen LogP contribution in [0.2, 0.25) is 0 Å². The number of aromatic nitrogens is 1. The smallest absolute Gasteiger partial charge is 0.338 e. The average molecular weight is 313 g/mol. The minimum absolute atomic E-state index is 0.327. The first-order valence-electron chi connectivity index (χ1n) is 4.36. The highest BCUT2D eigenvalue weighted by atomic mass is 127. The molecule has 0 bridgehead atoms. The molecule has 76 valence electrons. The summed E-state index contributed by atoms with van der Waals surface area (Å²) in [6.07, 6.45) is 0. The van der Waals surface area contributed by atoms with Crippen LogP contribution in [0.25, 0.3) is 10.9 Å². The molecule has 0 aliphatic carbocycles. The van der Waals surface area contributed by atoms with Gasteiger partial charge in [-0.15, -0.1) is 0 Å². The van der Waals surface area contributed by atoms with Crippen molar-refractivity contribution in [3.05, 3.63) is 39.6 Å². The van der Waals surface area contributed by atoms with Gasteiger partial charge in [-0.2, -0.15) is 0 Å². The van der Waals surface area contributed by atoms with E-state index in [0.29, 0.717) is 5.56 Å². The zero-order chi connectivity index (χ0) is 10.8. The van der Waals surface area contributed by atoms with Gasteiger partial charge in [0.15, 0.2) is 0 Å². The third-order valence-electron chi connectivity index (χ3n) is 2.09. The molecule has 4 heteroatoms. The lowest BCUT2D eigenvalue weighted by Crippen LogP contribution is -2.03. The Morgan fingerprint density at radius 1 is 1.40 bits per heavy atom. The minimum atomic E-state index is -0.327. The molecule has 0 radical (unpaired) electrons.